The average Bonchev–Trinajstić information content (AvgIpc) is 3.12. The van der Waals surface area contributed by atoms with Gasteiger partial charge in [0.1, 0.15) is 0 Å². The lowest BCUT2D eigenvalue weighted by Crippen LogP contribution is -2.10. The molecule has 1 aliphatic rings. The molecule has 0 aromatic heterocycles. The molecule has 1 saturated carbocycles. The first kappa shape index (κ1) is 11.9. The van der Waals surface area contributed by atoms with E-state index in [1.165, 1.54) is 12.8 Å². The maximum atomic E-state index is 11.6. The fourth-order valence-corrected chi connectivity index (χ4v) is 1.45. The number of hydrogen-bond acceptors (Lipinski definition) is 4. The highest BCUT2D eigenvalue weighted by Gasteiger charge is 2.21. The summed E-state index contributed by atoms with van der Waals surface area (Å²) >= 11 is 0. The summed E-state index contributed by atoms with van der Waals surface area (Å²) in [7, 11) is 0. The van der Waals surface area contributed by atoms with Gasteiger partial charge in [-0.05, 0) is 43.4 Å². The van der Waals surface area contributed by atoms with Gasteiger partial charge in [0.25, 0.3) is 0 Å². The van der Waals surface area contributed by atoms with Gasteiger partial charge in [-0.2, -0.15) is 0 Å². The van der Waals surface area contributed by atoms with E-state index in [0.717, 1.165) is 5.56 Å². The van der Waals surface area contributed by atoms with Crippen molar-refractivity contribution in [3.63, 3.8) is 0 Å². The maximum absolute atomic E-state index is 11.6. The van der Waals surface area contributed by atoms with Crippen LogP contribution in [0.5, 0.6) is 0 Å². The van der Waals surface area contributed by atoms with Gasteiger partial charge in [-0.3, -0.25) is 0 Å². The number of aryl methyl sites for hydroxylation is 1. The Morgan fingerprint density at radius 2 is 2.24 bits per heavy atom. The Labute approximate surface area is 101 Å². The normalized spacial score (nSPS) is 14.6. The Hall–Kier alpha value is -1.55. The SMILES string of the molecule is Cc1ccc(C(=O)OCOCC2CC2)cc1N. The monoisotopic (exact) mass is 235 g/mol. The van der Waals surface area contributed by atoms with Gasteiger partial charge < -0.3 is 15.2 Å². The van der Waals surface area contributed by atoms with Crippen LogP contribution >= 0.6 is 0 Å². The largest absolute Gasteiger partial charge is 0.435 e. The summed E-state index contributed by atoms with van der Waals surface area (Å²) < 4.78 is 10.2. The van der Waals surface area contributed by atoms with Crippen LogP contribution in [0.3, 0.4) is 0 Å². The molecule has 1 aromatic rings. The third kappa shape index (κ3) is 3.46. The van der Waals surface area contributed by atoms with E-state index >= 15 is 0 Å². The molecule has 0 saturated heterocycles. The molecule has 0 radical (unpaired) electrons. The van der Waals surface area contributed by atoms with Crippen molar-refractivity contribution in [2.45, 2.75) is 19.8 Å². The van der Waals surface area contributed by atoms with Crippen molar-refractivity contribution in [1.82, 2.24) is 0 Å². The molecule has 0 amide bonds. The van der Waals surface area contributed by atoms with Gasteiger partial charge in [-0.25, -0.2) is 4.79 Å². The van der Waals surface area contributed by atoms with Crippen molar-refractivity contribution in [2.24, 2.45) is 5.92 Å². The van der Waals surface area contributed by atoms with Crippen LogP contribution in [0, 0.1) is 12.8 Å². The highest BCUT2D eigenvalue weighted by molar-refractivity contribution is 5.90. The van der Waals surface area contributed by atoms with Gasteiger partial charge in [-0.15, -0.1) is 0 Å². The lowest BCUT2D eigenvalue weighted by molar-refractivity contribution is -0.0344. The zero-order valence-corrected chi connectivity index (χ0v) is 9.94. The molecule has 1 fully saturated rings. The number of carbonyl (C=O) groups is 1. The first-order valence-electron chi connectivity index (χ1n) is 5.78. The zero-order valence-electron chi connectivity index (χ0n) is 9.94. The Morgan fingerprint density at radius 1 is 1.47 bits per heavy atom. The highest BCUT2D eigenvalue weighted by atomic mass is 16.7. The zero-order chi connectivity index (χ0) is 12.3. The Balaban J connectivity index is 1.79. The molecular formula is C13H17NO3. The molecular weight excluding hydrogens is 218 g/mol. The maximum Gasteiger partial charge on any atom is 0.340 e. The van der Waals surface area contributed by atoms with Gasteiger partial charge in [-0.1, -0.05) is 6.07 Å². The number of rotatable bonds is 5. The van der Waals surface area contributed by atoms with Gasteiger partial charge in [0.05, 0.1) is 12.2 Å². The van der Waals surface area contributed by atoms with Crippen LogP contribution < -0.4 is 5.73 Å². The van der Waals surface area contributed by atoms with Crippen molar-refractivity contribution >= 4 is 11.7 Å². The predicted octanol–water partition coefficient (Wildman–Crippen LogP) is 2.12. The van der Waals surface area contributed by atoms with Crippen molar-refractivity contribution < 1.29 is 14.3 Å². The number of anilines is 1. The third-order valence-electron chi connectivity index (χ3n) is 2.84. The first-order chi connectivity index (χ1) is 8.16. The molecule has 1 aliphatic carbocycles. The van der Waals surface area contributed by atoms with Crippen LogP contribution in [0.15, 0.2) is 18.2 Å². The fraction of sp³-hybridized carbons (Fsp3) is 0.462. The molecule has 2 N–H and O–H groups in total. The Bertz CT molecular complexity index is 413. The summed E-state index contributed by atoms with van der Waals surface area (Å²) in [6, 6.07) is 5.13. The van der Waals surface area contributed by atoms with E-state index in [1.54, 1.807) is 18.2 Å². The molecule has 4 nitrogen and oxygen atoms in total. The van der Waals surface area contributed by atoms with E-state index in [4.69, 9.17) is 15.2 Å². The van der Waals surface area contributed by atoms with Crippen LogP contribution in [0.1, 0.15) is 28.8 Å². The van der Waals surface area contributed by atoms with E-state index in [9.17, 15) is 4.79 Å². The number of benzene rings is 1. The second-order valence-electron chi connectivity index (χ2n) is 4.44. The fourth-order valence-electron chi connectivity index (χ4n) is 1.45. The van der Waals surface area contributed by atoms with Crippen LogP contribution in [0.25, 0.3) is 0 Å². The number of nitrogen functional groups attached to an aromatic ring is 1. The Kier molecular flexibility index (Phi) is 3.64. The molecule has 92 valence electrons. The number of esters is 1. The molecule has 17 heavy (non-hydrogen) atoms. The van der Waals surface area contributed by atoms with Crippen LogP contribution in [-0.2, 0) is 9.47 Å². The van der Waals surface area contributed by atoms with E-state index in [0.29, 0.717) is 23.8 Å². The van der Waals surface area contributed by atoms with E-state index in [1.807, 2.05) is 6.92 Å². The summed E-state index contributed by atoms with van der Waals surface area (Å²) in [4.78, 5) is 11.6. The summed E-state index contributed by atoms with van der Waals surface area (Å²) in [6.45, 7) is 2.59. The minimum atomic E-state index is -0.396. The van der Waals surface area contributed by atoms with E-state index in [2.05, 4.69) is 0 Å². The molecule has 4 heteroatoms. The van der Waals surface area contributed by atoms with Gasteiger partial charge in [0.2, 0.25) is 0 Å². The molecule has 2 rings (SSSR count). The standard InChI is InChI=1S/C13H17NO3/c1-9-2-5-11(6-12(9)14)13(15)17-8-16-7-10-3-4-10/h2,5-6,10H,3-4,7-8,14H2,1H3. The first-order valence-corrected chi connectivity index (χ1v) is 5.78. The predicted molar refractivity (Wildman–Crippen MR) is 64.5 cm³/mol. The molecule has 0 aliphatic heterocycles. The van der Waals surface area contributed by atoms with Crippen LogP contribution in [0.2, 0.25) is 0 Å². The number of nitrogens with two attached hydrogens (primary N) is 1. The summed E-state index contributed by atoms with van der Waals surface area (Å²) in [6.07, 6.45) is 2.45. The molecule has 0 atom stereocenters. The van der Waals surface area contributed by atoms with Crippen LogP contribution in [-0.4, -0.2) is 19.4 Å². The highest BCUT2D eigenvalue weighted by Crippen LogP contribution is 2.28. The van der Waals surface area contributed by atoms with Gasteiger partial charge in [0.15, 0.2) is 6.79 Å². The number of hydrogen-bond donors (Lipinski definition) is 1. The average molecular weight is 235 g/mol. The topological polar surface area (TPSA) is 61.5 Å². The van der Waals surface area contributed by atoms with E-state index < -0.39 is 5.97 Å². The number of ether oxygens (including phenoxy) is 2. The van der Waals surface area contributed by atoms with Crippen LogP contribution in [0.4, 0.5) is 5.69 Å². The minimum absolute atomic E-state index is 0.0170. The lowest BCUT2D eigenvalue weighted by atomic mass is 10.1. The number of carbonyl (C=O) groups excluding carboxylic acids is 1. The molecule has 0 bridgehead atoms. The smallest absolute Gasteiger partial charge is 0.340 e. The Morgan fingerprint density at radius 3 is 2.88 bits per heavy atom. The second kappa shape index (κ2) is 5.19. The summed E-state index contributed by atoms with van der Waals surface area (Å²) in [5, 5.41) is 0. The van der Waals surface area contributed by atoms with E-state index in [-0.39, 0.29) is 6.79 Å². The van der Waals surface area contributed by atoms with Crippen molar-refractivity contribution in [2.75, 3.05) is 19.1 Å². The van der Waals surface area contributed by atoms with Gasteiger partial charge in [0, 0.05) is 5.69 Å². The lowest BCUT2D eigenvalue weighted by Gasteiger charge is -2.07. The molecule has 1 aromatic carbocycles. The quantitative estimate of drug-likeness (QED) is 0.367. The summed E-state index contributed by atoms with van der Waals surface area (Å²) in [5.74, 6) is 0.274. The van der Waals surface area contributed by atoms with Crippen molar-refractivity contribution in [3.05, 3.63) is 29.3 Å². The summed E-state index contributed by atoms with van der Waals surface area (Å²) in [5.41, 5.74) is 7.73. The molecule has 0 spiro atoms. The molecule has 0 unspecified atom stereocenters. The second-order valence-corrected chi connectivity index (χ2v) is 4.44. The third-order valence-corrected chi connectivity index (χ3v) is 2.84. The van der Waals surface area contributed by atoms with Crippen molar-refractivity contribution in [3.8, 4) is 0 Å². The molecule has 0 heterocycles. The van der Waals surface area contributed by atoms with Gasteiger partial charge >= 0.3 is 5.97 Å². The van der Waals surface area contributed by atoms with Crippen molar-refractivity contribution in [1.29, 1.82) is 0 Å². The minimum Gasteiger partial charge on any atom is -0.435 e.